The molecule has 38 heavy (non-hydrogen) atoms. The Morgan fingerprint density at radius 3 is 2.21 bits per heavy atom. The summed E-state index contributed by atoms with van der Waals surface area (Å²) in [5, 5.41) is 26.9. The average Bonchev–Trinajstić information content (AvgIpc) is 2.93. The highest BCUT2D eigenvalue weighted by Gasteiger charge is 2.19. The second kappa shape index (κ2) is 14.3. The number of hydrogen-bond acceptors (Lipinski definition) is 6. The fraction of sp³-hybridized carbons (Fsp3) is 0.222. The molecule has 11 heteroatoms. The molecule has 0 heterocycles. The van der Waals surface area contributed by atoms with E-state index in [-0.39, 0.29) is 36.4 Å². The summed E-state index contributed by atoms with van der Waals surface area (Å²) in [5.74, 6) is -0.656. The largest absolute Gasteiger partial charge is 0.384 e. The Bertz CT molecular complexity index is 1240. The summed E-state index contributed by atoms with van der Waals surface area (Å²) in [6, 6.07) is 22.4. The van der Waals surface area contributed by atoms with E-state index in [1.165, 1.54) is 12.1 Å². The summed E-state index contributed by atoms with van der Waals surface area (Å²) in [6.07, 6.45) is 1.65. The maximum Gasteiger partial charge on any atom is 0.269 e. The molecule has 3 rings (SSSR count). The van der Waals surface area contributed by atoms with Gasteiger partial charge in [-0.25, -0.2) is 0 Å². The smallest absolute Gasteiger partial charge is 0.269 e. The number of nitrogen functional groups attached to an aromatic ring is 1. The molecule has 0 saturated heterocycles. The highest BCUT2D eigenvalue weighted by molar-refractivity contribution is 6.32. The van der Waals surface area contributed by atoms with E-state index in [9.17, 15) is 19.7 Å². The molecule has 195 valence electrons. The van der Waals surface area contributed by atoms with Gasteiger partial charge in [0.05, 0.1) is 17.5 Å². The van der Waals surface area contributed by atoms with Gasteiger partial charge in [0.15, 0.2) is 0 Å². The zero-order valence-electron chi connectivity index (χ0n) is 20.9. The second-order valence-electron chi connectivity index (χ2n) is 8.68. The maximum absolute atomic E-state index is 12.9. The Hall–Kier alpha value is -4.51. The molecule has 0 aliphatic carbocycles. The number of nitro groups is 1. The summed E-state index contributed by atoms with van der Waals surface area (Å²) in [5.41, 5.74) is 8.88. The van der Waals surface area contributed by atoms with E-state index in [1.807, 2.05) is 30.3 Å². The van der Waals surface area contributed by atoms with Crippen LogP contribution in [0.4, 0.5) is 5.69 Å². The summed E-state index contributed by atoms with van der Waals surface area (Å²) in [4.78, 5) is 35.6. The first-order chi connectivity index (χ1) is 18.3. The van der Waals surface area contributed by atoms with Crippen molar-refractivity contribution >= 4 is 30.8 Å². The van der Waals surface area contributed by atoms with Crippen molar-refractivity contribution in [1.82, 2.24) is 15.9 Å². The van der Waals surface area contributed by atoms with Gasteiger partial charge in [-0.3, -0.25) is 25.1 Å². The molecule has 0 saturated carbocycles. The molecule has 10 nitrogen and oxygen atoms in total. The molecule has 1 radical (unpaired) electrons. The molecule has 0 aliphatic heterocycles. The van der Waals surface area contributed by atoms with Gasteiger partial charge in [-0.2, -0.15) is 0 Å². The van der Waals surface area contributed by atoms with E-state index in [1.54, 1.807) is 43.8 Å². The molecule has 0 aromatic heterocycles. The van der Waals surface area contributed by atoms with Gasteiger partial charge in [0.25, 0.3) is 5.69 Å². The van der Waals surface area contributed by atoms with E-state index in [0.29, 0.717) is 24.7 Å². The number of nitro benzene ring substituents is 1. The van der Waals surface area contributed by atoms with Gasteiger partial charge in [0, 0.05) is 24.2 Å². The Labute approximate surface area is 221 Å². The minimum Gasteiger partial charge on any atom is -0.384 e. The molecule has 3 aromatic carbocycles. The number of carbonyl (C=O) groups excluding carboxylic acids is 2. The molecular weight excluding hydrogens is 483 g/mol. The molecule has 0 spiro atoms. The molecule has 1 atom stereocenters. The number of carbonyl (C=O) groups is 2. The van der Waals surface area contributed by atoms with Crippen LogP contribution in [0.5, 0.6) is 0 Å². The van der Waals surface area contributed by atoms with Crippen LogP contribution < -0.4 is 21.6 Å². The van der Waals surface area contributed by atoms with Crippen molar-refractivity contribution in [2.45, 2.75) is 31.7 Å². The lowest BCUT2D eigenvalue weighted by atomic mass is 9.82. The number of hydrogen-bond donors (Lipinski definition) is 5. The Morgan fingerprint density at radius 1 is 0.921 bits per heavy atom. The van der Waals surface area contributed by atoms with Gasteiger partial charge in [-0.15, -0.1) is 0 Å². The first-order valence-corrected chi connectivity index (χ1v) is 12.1. The van der Waals surface area contributed by atoms with E-state index in [4.69, 9.17) is 11.1 Å². The molecule has 0 aliphatic rings. The van der Waals surface area contributed by atoms with Crippen LogP contribution in [0, 0.1) is 15.5 Å². The lowest BCUT2D eigenvalue weighted by molar-refractivity contribution is -0.384. The monoisotopic (exact) mass is 513 g/mol. The fourth-order valence-electron chi connectivity index (χ4n) is 3.67. The number of amidine groups is 1. The molecule has 3 aromatic rings. The van der Waals surface area contributed by atoms with Crippen molar-refractivity contribution in [3.63, 3.8) is 0 Å². The van der Waals surface area contributed by atoms with Crippen LogP contribution in [0.15, 0.2) is 78.9 Å². The number of non-ortho nitro benzene ring substituents is 1. The van der Waals surface area contributed by atoms with Crippen molar-refractivity contribution in [3.05, 3.63) is 111 Å². The van der Waals surface area contributed by atoms with Crippen LogP contribution in [0.25, 0.3) is 0 Å². The molecule has 2 amide bonds. The van der Waals surface area contributed by atoms with Gasteiger partial charge in [0.2, 0.25) is 19.2 Å². The van der Waals surface area contributed by atoms with Crippen LogP contribution >= 0.6 is 0 Å². The number of amides is 2. The topological polar surface area (TPSA) is 163 Å². The lowest BCUT2D eigenvalue weighted by Gasteiger charge is -2.18. The number of aryl methyl sites for hydroxylation is 1. The zero-order valence-corrected chi connectivity index (χ0v) is 20.9. The minimum absolute atomic E-state index is 0.0215. The van der Waals surface area contributed by atoms with Crippen molar-refractivity contribution in [1.29, 1.82) is 5.41 Å². The molecule has 0 bridgehead atoms. The molecule has 0 fully saturated rings. The normalized spacial score (nSPS) is 11.3. The summed E-state index contributed by atoms with van der Waals surface area (Å²) < 4.78 is 0. The Kier molecular flexibility index (Phi) is 10.6. The third-order valence-electron chi connectivity index (χ3n) is 5.86. The second-order valence-corrected chi connectivity index (χ2v) is 8.68. The first-order valence-electron chi connectivity index (χ1n) is 12.1. The van der Waals surface area contributed by atoms with Crippen LogP contribution in [0.1, 0.15) is 28.7 Å². The molecular formula is C27H30BN6O4. The van der Waals surface area contributed by atoms with Crippen LogP contribution in [-0.4, -0.2) is 42.6 Å². The first kappa shape index (κ1) is 28.1. The number of nitrogens with zero attached hydrogens (tertiary/aromatic N) is 1. The van der Waals surface area contributed by atoms with E-state index in [2.05, 4.69) is 15.9 Å². The van der Waals surface area contributed by atoms with Crippen molar-refractivity contribution in [2.24, 2.45) is 5.73 Å². The molecule has 6 N–H and O–H groups in total. The third-order valence-corrected chi connectivity index (χ3v) is 5.86. The molecule has 0 unspecified atom stereocenters. The number of nitrogens with two attached hydrogens (primary N) is 1. The zero-order chi connectivity index (χ0) is 27.3. The van der Waals surface area contributed by atoms with Gasteiger partial charge in [-0.05, 0) is 30.3 Å². The van der Waals surface area contributed by atoms with Gasteiger partial charge in [-0.1, -0.05) is 72.3 Å². The summed E-state index contributed by atoms with van der Waals surface area (Å²) in [7, 11) is 1.75. The fourth-order valence-corrected chi connectivity index (χ4v) is 3.67. The van der Waals surface area contributed by atoms with Crippen LogP contribution in [0.2, 0.25) is 0 Å². The van der Waals surface area contributed by atoms with Crippen molar-refractivity contribution in [3.8, 4) is 0 Å². The highest BCUT2D eigenvalue weighted by atomic mass is 16.6. The predicted octanol–water partition coefficient (Wildman–Crippen LogP) is 2.02. The van der Waals surface area contributed by atoms with E-state index < -0.39 is 11.0 Å². The number of rotatable bonds is 14. The van der Waals surface area contributed by atoms with Gasteiger partial charge < -0.3 is 21.6 Å². The average molecular weight is 513 g/mol. The van der Waals surface area contributed by atoms with Gasteiger partial charge >= 0.3 is 0 Å². The lowest BCUT2D eigenvalue weighted by Crippen LogP contribution is -2.48. The van der Waals surface area contributed by atoms with E-state index >= 15 is 0 Å². The standard InChI is InChI=1S/C27H30BN6O4/c29-26(30)22-11-6-21(7-12-22)17-31-25(35)18-32-27(36)24(15-10-19-4-2-1-3-5-19)33-28-16-20-8-13-23(14-9-20)34(37)38/h1-9,11-14,24,33H,10,15-18H2,(H3,29,30)(H,31,35)(H,32,36)/t24-/m1/s1. The number of nitrogens with one attached hydrogen (secondary N) is 4. The summed E-state index contributed by atoms with van der Waals surface area (Å²) in [6.45, 7) is 0.113. The maximum atomic E-state index is 12.9. The predicted molar refractivity (Wildman–Crippen MR) is 147 cm³/mol. The van der Waals surface area contributed by atoms with Crippen molar-refractivity contribution < 1.29 is 14.5 Å². The minimum atomic E-state index is -0.569. The van der Waals surface area contributed by atoms with E-state index in [0.717, 1.165) is 16.7 Å². The SMILES string of the molecule is N=C(N)c1ccc(CNC(=O)CNC(=O)[C@@H](CCc2ccccc2)N[B]Cc2ccc([N+](=O)[O-])cc2)cc1. The third kappa shape index (κ3) is 9.18. The summed E-state index contributed by atoms with van der Waals surface area (Å²) >= 11 is 0. The highest BCUT2D eigenvalue weighted by Crippen LogP contribution is 2.12. The quantitative estimate of drug-likeness (QED) is 0.0728. The van der Waals surface area contributed by atoms with Crippen LogP contribution in [0.3, 0.4) is 0 Å². The van der Waals surface area contributed by atoms with Crippen molar-refractivity contribution in [2.75, 3.05) is 6.54 Å². The Balaban J connectivity index is 1.50. The number of benzene rings is 3. The Morgan fingerprint density at radius 2 is 1.58 bits per heavy atom. The van der Waals surface area contributed by atoms with Gasteiger partial charge in [0.1, 0.15) is 5.84 Å². The van der Waals surface area contributed by atoms with Crippen LogP contribution in [-0.2, 0) is 28.9 Å².